The lowest BCUT2D eigenvalue weighted by atomic mass is 10.5. The number of aromatic nitrogens is 1. The summed E-state index contributed by atoms with van der Waals surface area (Å²) in [5, 5.41) is 5.19. The first-order valence-electron chi connectivity index (χ1n) is 4.64. The fourth-order valence-corrected chi connectivity index (χ4v) is 2.35. The Kier molecular flexibility index (Phi) is 4.01. The van der Waals surface area contributed by atoms with Crippen LogP contribution in [0.2, 0.25) is 0 Å². The van der Waals surface area contributed by atoms with Crippen LogP contribution in [0.1, 0.15) is 5.76 Å². The summed E-state index contributed by atoms with van der Waals surface area (Å²) in [5.41, 5.74) is 0. The van der Waals surface area contributed by atoms with Gasteiger partial charge in [0.1, 0.15) is 5.76 Å². The topological polar surface area (TPSA) is 55.1 Å². The number of anilines is 1. The standard InChI is InChI=1S/C10H10N2O2S2/c13-9(12-10-11-3-5-16-10)7-15-6-8-2-1-4-14-8/h1-5H,6-7H2,(H,11,12,13). The summed E-state index contributed by atoms with van der Waals surface area (Å²) in [6.07, 6.45) is 3.29. The minimum absolute atomic E-state index is 0.0356. The van der Waals surface area contributed by atoms with Gasteiger partial charge in [0.2, 0.25) is 5.91 Å². The number of carbonyl (C=O) groups excluding carboxylic acids is 1. The molecule has 1 N–H and O–H groups in total. The number of carbonyl (C=O) groups is 1. The predicted octanol–water partition coefficient (Wildman–Crippen LogP) is 2.61. The van der Waals surface area contributed by atoms with Crippen molar-refractivity contribution in [3.8, 4) is 0 Å². The second kappa shape index (κ2) is 5.72. The molecule has 16 heavy (non-hydrogen) atoms. The van der Waals surface area contributed by atoms with Gasteiger partial charge in [-0.05, 0) is 12.1 Å². The Balaban J connectivity index is 1.68. The molecule has 0 saturated heterocycles. The van der Waals surface area contributed by atoms with Gasteiger partial charge in [-0.1, -0.05) is 0 Å². The van der Waals surface area contributed by atoms with Gasteiger partial charge in [0.05, 0.1) is 17.8 Å². The molecule has 0 aromatic carbocycles. The Hall–Kier alpha value is -1.27. The molecule has 84 valence electrons. The van der Waals surface area contributed by atoms with Gasteiger partial charge in [-0.3, -0.25) is 4.79 Å². The van der Waals surface area contributed by atoms with Crippen LogP contribution in [0.3, 0.4) is 0 Å². The van der Waals surface area contributed by atoms with Crippen LogP contribution >= 0.6 is 23.1 Å². The van der Waals surface area contributed by atoms with Crippen molar-refractivity contribution in [2.24, 2.45) is 0 Å². The highest BCUT2D eigenvalue weighted by atomic mass is 32.2. The lowest BCUT2D eigenvalue weighted by Gasteiger charge is -2.00. The lowest BCUT2D eigenvalue weighted by molar-refractivity contribution is -0.113. The number of hydrogen-bond acceptors (Lipinski definition) is 5. The molecule has 2 heterocycles. The van der Waals surface area contributed by atoms with Crippen molar-refractivity contribution in [1.82, 2.24) is 4.98 Å². The zero-order chi connectivity index (χ0) is 11.2. The third-order valence-electron chi connectivity index (χ3n) is 1.74. The average Bonchev–Trinajstić information content (AvgIpc) is 2.90. The lowest BCUT2D eigenvalue weighted by Crippen LogP contribution is -2.13. The van der Waals surface area contributed by atoms with Gasteiger partial charge in [-0.15, -0.1) is 23.1 Å². The Morgan fingerprint density at radius 2 is 2.56 bits per heavy atom. The Labute approximate surface area is 101 Å². The molecule has 0 aliphatic rings. The van der Waals surface area contributed by atoms with Crippen molar-refractivity contribution >= 4 is 34.1 Å². The largest absolute Gasteiger partial charge is 0.468 e. The molecule has 0 saturated carbocycles. The van der Waals surface area contributed by atoms with Gasteiger partial charge in [0.25, 0.3) is 0 Å². The second-order valence-electron chi connectivity index (χ2n) is 2.96. The van der Waals surface area contributed by atoms with E-state index in [0.29, 0.717) is 16.6 Å². The number of thiazole rings is 1. The van der Waals surface area contributed by atoms with Gasteiger partial charge >= 0.3 is 0 Å². The third kappa shape index (κ3) is 3.39. The zero-order valence-electron chi connectivity index (χ0n) is 8.38. The van der Waals surface area contributed by atoms with E-state index in [9.17, 15) is 4.79 Å². The van der Waals surface area contributed by atoms with Crippen molar-refractivity contribution < 1.29 is 9.21 Å². The van der Waals surface area contributed by atoms with Gasteiger partial charge in [-0.2, -0.15) is 0 Å². The molecule has 2 rings (SSSR count). The summed E-state index contributed by atoms with van der Waals surface area (Å²) in [6.45, 7) is 0. The molecule has 0 unspecified atom stereocenters. The summed E-state index contributed by atoms with van der Waals surface area (Å²) >= 11 is 2.92. The van der Waals surface area contributed by atoms with Crippen molar-refractivity contribution in [2.45, 2.75) is 5.75 Å². The molecule has 0 aliphatic heterocycles. The van der Waals surface area contributed by atoms with Crippen LogP contribution in [0, 0.1) is 0 Å². The van der Waals surface area contributed by atoms with Crippen LogP contribution in [0.15, 0.2) is 34.4 Å². The van der Waals surface area contributed by atoms with Crippen LogP contribution in [0.25, 0.3) is 0 Å². The molecule has 4 nitrogen and oxygen atoms in total. The van der Waals surface area contributed by atoms with Crippen LogP contribution in [0.5, 0.6) is 0 Å². The molecule has 0 atom stereocenters. The molecular formula is C10H10N2O2S2. The van der Waals surface area contributed by atoms with Crippen molar-refractivity contribution in [3.05, 3.63) is 35.7 Å². The minimum Gasteiger partial charge on any atom is -0.468 e. The quantitative estimate of drug-likeness (QED) is 0.891. The highest BCUT2D eigenvalue weighted by molar-refractivity contribution is 7.99. The van der Waals surface area contributed by atoms with E-state index < -0.39 is 0 Å². The molecule has 2 aromatic rings. The molecule has 0 radical (unpaired) electrons. The molecule has 6 heteroatoms. The zero-order valence-corrected chi connectivity index (χ0v) is 10.0. The van der Waals surface area contributed by atoms with E-state index >= 15 is 0 Å². The molecule has 0 spiro atoms. The number of furan rings is 1. The maximum atomic E-state index is 11.4. The van der Waals surface area contributed by atoms with E-state index in [1.165, 1.54) is 23.1 Å². The minimum atomic E-state index is -0.0356. The van der Waals surface area contributed by atoms with Crippen LogP contribution in [-0.4, -0.2) is 16.6 Å². The number of hydrogen-bond donors (Lipinski definition) is 1. The first-order valence-corrected chi connectivity index (χ1v) is 6.67. The number of amides is 1. The van der Waals surface area contributed by atoms with Gasteiger partial charge in [0, 0.05) is 11.6 Å². The first kappa shape index (κ1) is 11.2. The number of nitrogens with one attached hydrogen (secondary N) is 1. The summed E-state index contributed by atoms with van der Waals surface area (Å²) in [4.78, 5) is 15.4. The first-order chi connectivity index (χ1) is 7.84. The molecule has 0 fully saturated rings. The number of rotatable bonds is 5. The van der Waals surface area contributed by atoms with E-state index in [4.69, 9.17) is 4.42 Å². The second-order valence-corrected chi connectivity index (χ2v) is 4.84. The Bertz CT molecular complexity index is 426. The average molecular weight is 254 g/mol. The maximum absolute atomic E-state index is 11.4. The summed E-state index contributed by atoms with van der Waals surface area (Å²) < 4.78 is 5.16. The number of nitrogens with zero attached hydrogens (tertiary/aromatic N) is 1. The SMILES string of the molecule is O=C(CSCc1ccco1)Nc1nccs1. The molecule has 1 amide bonds. The smallest absolute Gasteiger partial charge is 0.236 e. The molecule has 2 aromatic heterocycles. The normalized spacial score (nSPS) is 10.2. The highest BCUT2D eigenvalue weighted by Gasteiger charge is 2.04. The highest BCUT2D eigenvalue weighted by Crippen LogP contribution is 2.14. The number of thioether (sulfide) groups is 1. The predicted molar refractivity (Wildman–Crippen MR) is 65.6 cm³/mol. The maximum Gasteiger partial charge on any atom is 0.236 e. The Morgan fingerprint density at radius 1 is 1.62 bits per heavy atom. The van der Waals surface area contributed by atoms with Crippen molar-refractivity contribution in [1.29, 1.82) is 0 Å². The van der Waals surface area contributed by atoms with Crippen molar-refractivity contribution in [3.63, 3.8) is 0 Å². The Morgan fingerprint density at radius 3 is 3.25 bits per heavy atom. The summed E-state index contributed by atoms with van der Waals surface area (Å²) in [7, 11) is 0. The van der Waals surface area contributed by atoms with E-state index in [1.807, 2.05) is 17.5 Å². The fourth-order valence-electron chi connectivity index (χ4n) is 1.08. The summed E-state index contributed by atoms with van der Waals surface area (Å²) in [5.74, 6) is 1.96. The van der Waals surface area contributed by atoms with Crippen molar-refractivity contribution in [2.75, 3.05) is 11.1 Å². The summed E-state index contributed by atoms with van der Waals surface area (Å²) in [6, 6.07) is 3.73. The van der Waals surface area contributed by atoms with Gasteiger partial charge < -0.3 is 9.73 Å². The monoisotopic (exact) mass is 254 g/mol. The molecule has 0 aliphatic carbocycles. The third-order valence-corrected chi connectivity index (χ3v) is 3.38. The van der Waals surface area contributed by atoms with Crippen LogP contribution in [0.4, 0.5) is 5.13 Å². The van der Waals surface area contributed by atoms with E-state index in [-0.39, 0.29) is 5.91 Å². The van der Waals surface area contributed by atoms with E-state index in [1.54, 1.807) is 12.5 Å². The van der Waals surface area contributed by atoms with Crippen LogP contribution in [-0.2, 0) is 10.5 Å². The van der Waals surface area contributed by atoms with Gasteiger partial charge in [0.15, 0.2) is 5.13 Å². The van der Waals surface area contributed by atoms with Gasteiger partial charge in [-0.25, -0.2) is 4.98 Å². The van der Waals surface area contributed by atoms with E-state index in [2.05, 4.69) is 10.3 Å². The fraction of sp³-hybridized carbons (Fsp3) is 0.200. The van der Waals surface area contributed by atoms with Crippen LogP contribution < -0.4 is 5.32 Å². The van der Waals surface area contributed by atoms with E-state index in [0.717, 1.165) is 5.76 Å². The molecule has 0 bridgehead atoms. The molecular weight excluding hydrogens is 244 g/mol.